The van der Waals surface area contributed by atoms with Crippen molar-refractivity contribution in [1.29, 1.82) is 0 Å². The summed E-state index contributed by atoms with van der Waals surface area (Å²) >= 11 is 0. The Labute approximate surface area is 95.8 Å². The Morgan fingerprint density at radius 2 is 2.00 bits per heavy atom. The maximum absolute atomic E-state index is 11.4. The zero-order valence-corrected chi connectivity index (χ0v) is 9.79. The molecule has 0 atom stereocenters. The highest BCUT2D eigenvalue weighted by Gasteiger charge is 2.40. The lowest BCUT2D eigenvalue weighted by atomic mass is 9.82. The largest absolute Gasteiger partial charge is 0.369 e. The number of carbonyl (C=O) groups excluding carboxylic acids is 1. The summed E-state index contributed by atoms with van der Waals surface area (Å²) in [5.74, 6) is -0.313. The van der Waals surface area contributed by atoms with E-state index >= 15 is 0 Å². The molecule has 0 saturated heterocycles. The second-order valence-corrected chi connectivity index (χ2v) is 5.23. The molecule has 1 aromatic rings. The predicted molar refractivity (Wildman–Crippen MR) is 63.8 cm³/mol. The summed E-state index contributed by atoms with van der Waals surface area (Å²) in [6.45, 7) is 3.68. The fourth-order valence-electron chi connectivity index (χ4n) is 1.78. The molecule has 1 saturated carbocycles. The van der Waals surface area contributed by atoms with E-state index in [4.69, 9.17) is 11.5 Å². The van der Waals surface area contributed by atoms with E-state index in [1.165, 1.54) is 0 Å². The molecule has 0 unspecified atom stereocenters. The molecule has 0 radical (unpaired) electrons. The van der Waals surface area contributed by atoms with Crippen molar-refractivity contribution in [3.05, 3.63) is 35.4 Å². The Kier molecular flexibility index (Phi) is 2.31. The summed E-state index contributed by atoms with van der Waals surface area (Å²) in [6, 6.07) is 7.91. The van der Waals surface area contributed by atoms with Gasteiger partial charge in [-0.1, -0.05) is 24.3 Å². The maximum Gasteiger partial charge on any atom is 0.227 e. The van der Waals surface area contributed by atoms with Crippen LogP contribution in [0.1, 0.15) is 37.8 Å². The van der Waals surface area contributed by atoms with Crippen molar-refractivity contribution in [1.82, 2.24) is 0 Å². The standard InChI is InChI=1S/C13H18N2O/c1-12(2,11(14)16)9-4-3-5-10(8-9)13(15)6-7-13/h3-5,8H,6-7,15H2,1-2H3,(H2,14,16). The zero-order valence-electron chi connectivity index (χ0n) is 9.79. The Bertz CT molecular complexity index is 433. The molecule has 2 rings (SSSR count). The number of rotatable bonds is 3. The molecule has 86 valence electrons. The zero-order chi connectivity index (χ0) is 12.0. The average molecular weight is 218 g/mol. The molecule has 16 heavy (non-hydrogen) atoms. The third-order valence-corrected chi connectivity index (χ3v) is 3.56. The molecule has 3 nitrogen and oxygen atoms in total. The first kappa shape index (κ1) is 11.1. The van der Waals surface area contributed by atoms with Gasteiger partial charge < -0.3 is 11.5 Å². The lowest BCUT2D eigenvalue weighted by molar-refractivity contribution is -0.122. The van der Waals surface area contributed by atoms with Crippen molar-refractivity contribution in [2.75, 3.05) is 0 Å². The van der Waals surface area contributed by atoms with E-state index in [1.54, 1.807) is 0 Å². The monoisotopic (exact) mass is 218 g/mol. The van der Waals surface area contributed by atoms with E-state index in [-0.39, 0.29) is 11.4 Å². The summed E-state index contributed by atoms with van der Waals surface area (Å²) in [7, 11) is 0. The highest BCUT2D eigenvalue weighted by Crippen LogP contribution is 2.43. The van der Waals surface area contributed by atoms with E-state index in [9.17, 15) is 4.79 Å². The smallest absolute Gasteiger partial charge is 0.227 e. The van der Waals surface area contributed by atoms with Crippen molar-refractivity contribution in [3.8, 4) is 0 Å². The molecule has 1 aliphatic carbocycles. The van der Waals surface area contributed by atoms with Gasteiger partial charge in [-0.15, -0.1) is 0 Å². The van der Waals surface area contributed by atoms with Gasteiger partial charge in [0.25, 0.3) is 0 Å². The summed E-state index contributed by atoms with van der Waals surface area (Å²) < 4.78 is 0. The van der Waals surface area contributed by atoms with Crippen LogP contribution in [0.2, 0.25) is 0 Å². The van der Waals surface area contributed by atoms with Gasteiger partial charge in [-0.2, -0.15) is 0 Å². The number of nitrogens with two attached hydrogens (primary N) is 2. The van der Waals surface area contributed by atoms with Crippen molar-refractivity contribution in [2.45, 2.75) is 37.6 Å². The number of benzene rings is 1. The van der Waals surface area contributed by atoms with Crippen LogP contribution in [0.5, 0.6) is 0 Å². The first-order chi connectivity index (χ1) is 7.36. The minimum absolute atomic E-state index is 0.163. The number of carbonyl (C=O) groups is 1. The van der Waals surface area contributed by atoms with Crippen LogP contribution >= 0.6 is 0 Å². The number of primary amides is 1. The Balaban J connectivity index is 2.40. The molecule has 1 aliphatic rings. The highest BCUT2D eigenvalue weighted by molar-refractivity contribution is 5.85. The maximum atomic E-state index is 11.4. The average Bonchev–Trinajstić information content (AvgIpc) is 2.98. The number of amides is 1. The fourth-order valence-corrected chi connectivity index (χ4v) is 1.78. The minimum Gasteiger partial charge on any atom is -0.369 e. The quantitative estimate of drug-likeness (QED) is 0.805. The van der Waals surface area contributed by atoms with Crippen molar-refractivity contribution < 1.29 is 4.79 Å². The van der Waals surface area contributed by atoms with Crippen LogP contribution in [-0.4, -0.2) is 5.91 Å². The third-order valence-electron chi connectivity index (χ3n) is 3.56. The normalized spacial score (nSPS) is 18.2. The SMILES string of the molecule is CC(C)(C(N)=O)c1cccc(C2(N)CC2)c1. The predicted octanol–water partition coefficient (Wildman–Crippen LogP) is 1.40. The molecule has 0 aromatic heterocycles. The molecular formula is C13H18N2O. The fraction of sp³-hybridized carbons (Fsp3) is 0.462. The van der Waals surface area contributed by atoms with Gasteiger partial charge in [-0.05, 0) is 37.8 Å². The van der Waals surface area contributed by atoms with E-state index in [0.29, 0.717) is 0 Å². The molecule has 3 heteroatoms. The molecular weight excluding hydrogens is 200 g/mol. The van der Waals surface area contributed by atoms with Crippen molar-refractivity contribution >= 4 is 5.91 Å². The summed E-state index contributed by atoms with van der Waals surface area (Å²) in [4.78, 5) is 11.4. The van der Waals surface area contributed by atoms with E-state index in [0.717, 1.165) is 24.0 Å². The van der Waals surface area contributed by atoms with Gasteiger partial charge >= 0.3 is 0 Å². The Morgan fingerprint density at radius 3 is 2.50 bits per heavy atom. The molecule has 0 aliphatic heterocycles. The molecule has 1 fully saturated rings. The molecule has 1 aromatic carbocycles. The first-order valence-corrected chi connectivity index (χ1v) is 5.56. The second-order valence-electron chi connectivity index (χ2n) is 5.23. The van der Waals surface area contributed by atoms with Gasteiger partial charge in [-0.25, -0.2) is 0 Å². The molecule has 1 amide bonds. The van der Waals surface area contributed by atoms with Crippen LogP contribution in [0.25, 0.3) is 0 Å². The second kappa shape index (κ2) is 3.32. The van der Waals surface area contributed by atoms with E-state index < -0.39 is 5.41 Å². The summed E-state index contributed by atoms with van der Waals surface area (Å²) in [6.07, 6.45) is 2.04. The van der Waals surface area contributed by atoms with Crippen LogP contribution in [0.15, 0.2) is 24.3 Å². The Hall–Kier alpha value is -1.35. The van der Waals surface area contributed by atoms with Crippen LogP contribution < -0.4 is 11.5 Å². The van der Waals surface area contributed by atoms with Crippen molar-refractivity contribution in [3.63, 3.8) is 0 Å². The Morgan fingerprint density at radius 1 is 1.38 bits per heavy atom. The highest BCUT2D eigenvalue weighted by atomic mass is 16.1. The van der Waals surface area contributed by atoms with Crippen molar-refractivity contribution in [2.24, 2.45) is 11.5 Å². The number of hydrogen-bond acceptors (Lipinski definition) is 2. The van der Waals surface area contributed by atoms with Gasteiger partial charge in [0.2, 0.25) is 5.91 Å². The van der Waals surface area contributed by atoms with Crippen LogP contribution in [0, 0.1) is 0 Å². The van der Waals surface area contributed by atoms with Gasteiger partial charge in [0.05, 0.1) is 5.41 Å². The van der Waals surface area contributed by atoms with E-state index in [1.807, 2.05) is 38.1 Å². The summed E-state index contributed by atoms with van der Waals surface area (Å²) in [5, 5.41) is 0. The van der Waals surface area contributed by atoms with E-state index in [2.05, 4.69) is 0 Å². The van der Waals surface area contributed by atoms with Gasteiger partial charge in [0.1, 0.15) is 0 Å². The molecule has 0 bridgehead atoms. The number of hydrogen-bond donors (Lipinski definition) is 2. The van der Waals surface area contributed by atoms with Crippen LogP contribution in [0.3, 0.4) is 0 Å². The van der Waals surface area contributed by atoms with Gasteiger partial charge in [0.15, 0.2) is 0 Å². The topological polar surface area (TPSA) is 69.1 Å². The first-order valence-electron chi connectivity index (χ1n) is 5.56. The lowest BCUT2D eigenvalue weighted by Gasteiger charge is -2.22. The molecule has 0 heterocycles. The van der Waals surface area contributed by atoms with Gasteiger partial charge in [-0.3, -0.25) is 4.79 Å². The lowest BCUT2D eigenvalue weighted by Crippen LogP contribution is -2.35. The van der Waals surface area contributed by atoms with Crippen LogP contribution in [-0.2, 0) is 15.7 Å². The minimum atomic E-state index is -0.638. The molecule has 0 spiro atoms. The van der Waals surface area contributed by atoms with Gasteiger partial charge in [0, 0.05) is 5.54 Å². The summed E-state index contributed by atoms with van der Waals surface area (Å²) in [5.41, 5.74) is 12.8. The third kappa shape index (κ3) is 1.71. The molecule has 4 N–H and O–H groups in total. The van der Waals surface area contributed by atoms with Crippen LogP contribution in [0.4, 0.5) is 0 Å².